The quantitative estimate of drug-likeness (QED) is 0.844. The van der Waals surface area contributed by atoms with Crippen molar-refractivity contribution in [1.29, 1.82) is 0 Å². The Morgan fingerprint density at radius 1 is 1.29 bits per heavy atom. The van der Waals surface area contributed by atoms with Gasteiger partial charge in [-0.1, -0.05) is 18.2 Å². The molecule has 94 valence electrons. The van der Waals surface area contributed by atoms with E-state index in [0.717, 1.165) is 12.1 Å². The van der Waals surface area contributed by atoms with Crippen molar-refractivity contribution in [3.63, 3.8) is 0 Å². The first-order valence-corrected chi connectivity index (χ1v) is 6.45. The van der Waals surface area contributed by atoms with Gasteiger partial charge in [-0.25, -0.2) is 4.39 Å². The Kier molecular flexibility index (Phi) is 4.51. The van der Waals surface area contributed by atoms with Crippen LogP contribution in [0.3, 0.4) is 0 Å². The molecule has 0 aromatic heterocycles. The summed E-state index contributed by atoms with van der Waals surface area (Å²) < 4.78 is 13.4. The van der Waals surface area contributed by atoms with Gasteiger partial charge in [-0.05, 0) is 38.9 Å². The summed E-state index contributed by atoms with van der Waals surface area (Å²) in [6.45, 7) is 6.27. The maximum Gasteiger partial charge on any atom is 0.127 e. The maximum atomic E-state index is 13.4. The Morgan fingerprint density at radius 3 is 2.71 bits per heavy atom. The van der Waals surface area contributed by atoms with Gasteiger partial charge in [0.15, 0.2) is 0 Å². The third-order valence-corrected chi connectivity index (χ3v) is 3.33. The summed E-state index contributed by atoms with van der Waals surface area (Å²) in [5.41, 5.74) is 0.751. The fourth-order valence-electron chi connectivity index (χ4n) is 2.34. The van der Waals surface area contributed by atoms with Gasteiger partial charge in [-0.15, -0.1) is 0 Å². The highest BCUT2D eigenvalue weighted by atomic mass is 19.1. The zero-order chi connectivity index (χ0) is 12.1. The molecule has 1 aromatic rings. The first kappa shape index (κ1) is 12.5. The van der Waals surface area contributed by atoms with Crippen molar-refractivity contribution in [1.82, 2.24) is 10.2 Å². The first-order chi connectivity index (χ1) is 8.25. The van der Waals surface area contributed by atoms with Gasteiger partial charge in [0.05, 0.1) is 0 Å². The molecule has 1 atom stereocenters. The summed E-state index contributed by atoms with van der Waals surface area (Å²) in [6.07, 6.45) is 2.64. The molecule has 2 nitrogen and oxygen atoms in total. The van der Waals surface area contributed by atoms with Gasteiger partial charge in [0.2, 0.25) is 0 Å². The molecule has 0 bridgehead atoms. The molecular formula is C14H21FN2. The fourth-order valence-corrected chi connectivity index (χ4v) is 2.34. The standard InChI is InChI=1S/C14H21FN2/c1-12(11-17-8-4-5-9-17)16-10-13-6-2-3-7-14(13)15/h2-3,6-7,12,16H,4-5,8-11H2,1H3. The monoisotopic (exact) mass is 236 g/mol. The van der Waals surface area contributed by atoms with Gasteiger partial charge in [0, 0.05) is 24.7 Å². The van der Waals surface area contributed by atoms with Crippen LogP contribution in [0.2, 0.25) is 0 Å². The number of hydrogen-bond donors (Lipinski definition) is 1. The number of nitrogens with zero attached hydrogens (tertiary/aromatic N) is 1. The lowest BCUT2D eigenvalue weighted by molar-refractivity contribution is 0.297. The molecule has 2 rings (SSSR count). The average Bonchev–Trinajstić information content (AvgIpc) is 2.81. The molecule has 1 N–H and O–H groups in total. The minimum atomic E-state index is -0.117. The highest BCUT2D eigenvalue weighted by Gasteiger charge is 2.14. The van der Waals surface area contributed by atoms with E-state index in [9.17, 15) is 4.39 Å². The lowest BCUT2D eigenvalue weighted by Gasteiger charge is -2.21. The number of nitrogens with one attached hydrogen (secondary N) is 1. The molecular weight excluding hydrogens is 215 g/mol. The predicted octanol–water partition coefficient (Wildman–Crippen LogP) is 2.40. The second-order valence-electron chi connectivity index (χ2n) is 4.88. The summed E-state index contributed by atoms with van der Waals surface area (Å²) in [5.74, 6) is -0.117. The van der Waals surface area contributed by atoms with E-state index < -0.39 is 0 Å². The lowest BCUT2D eigenvalue weighted by Crippen LogP contribution is -2.37. The Morgan fingerprint density at radius 2 is 2.00 bits per heavy atom. The maximum absolute atomic E-state index is 13.4. The number of halogens is 1. The van der Waals surface area contributed by atoms with Crippen LogP contribution in [0.1, 0.15) is 25.3 Å². The van der Waals surface area contributed by atoms with Gasteiger partial charge < -0.3 is 10.2 Å². The van der Waals surface area contributed by atoms with Crippen LogP contribution < -0.4 is 5.32 Å². The second kappa shape index (κ2) is 6.12. The number of hydrogen-bond acceptors (Lipinski definition) is 2. The smallest absolute Gasteiger partial charge is 0.127 e. The minimum Gasteiger partial charge on any atom is -0.309 e. The molecule has 1 saturated heterocycles. The van der Waals surface area contributed by atoms with Crippen LogP contribution in [0.25, 0.3) is 0 Å². The van der Waals surface area contributed by atoms with Crippen molar-refractivity contribution in [2.45, 2.75) is 32.4 Å². The van der Waals surface area contributed by atoms with Crippen molar-refractivity contribution in [2.75, 3.05) is 19.6 Å². The van der Waals surface area contributed by atoms with Gasteiger partial charge in [-0.2, -0.15) is 0 Å². The third kappa shape index (κ3) is 3.79. The van der Waals surface area contributed by atoms with Crippen LogP contribution in [0.4, 0.5) is 4.39 Å². The van der Waals surface area contributed by atoms with Gasteiger partial charge in [0.25, 0.3) is 0 Å². The van der Waals surface area contributed by atoms with Gasteiger partial charge in [0.1, 0.15) is 5.82 Å². The van der Waals surface area contributed by atoms with Crippen molar-refractivity contribution in [2.24, 2.45) is 0 Å². The normalized spacial score (nSPS) is 18.5. The first-order valence-electron chi connectivity index (χ1n) is 6.45. The van der Waals surface area contributed by atoms with E-state index >= 15 is 0 Å². The van der Waals surface area contributed by atoms with Crippen molar-refractivity contribution < 1.29 is 4.39 Å². The van der Waals surface area contributed by atoms with E-state index in [4.69, 9.17) is 0 Å². The molecule has 17 heavy (non-hydrogen) atoms. The second-order valence-corrected chi connectivity index (χ2v) is 4.88. The van der Waals surface area contributed by atoms with E-state index in [-0.39, 0.29) is 5.82 Å². The molecule has 1 aromatic carbocycles. The molecule has 0 amide bonds. The zero-order valence-electron chi connectivity index (χ0n) is 10.5. The van der Waals surface area contributed by atoms with Crippen LogP contribution in [-0.2, 0) is 6.54 Å². The van der Waals surface area contributed by atoms with E-state index in [2.05, 4.69) is 17.1 Å². The summed E-state index contributed by atoms with van der Waals surface area (Å²) in [6, 6.07) is 7.37. The van der Waals surface area contributed by atoms with Gasteiger partial charge >= 0.3 is 0 Å². The molecule has 1 aliphatic heterocycles. The number of benzene rings is 1. The van der Waals surface area contributed by atoms with E-state index in [0.29, 0.717) is 12.6 Å². The van der Waals surface area contributed by atoms with Crippen LogP contribution in [-0.4, -0.2) is 30.6 Å². The highest BCUT2D eigenvalue weighted by molar-refractivity contribution is 5.16. The third-order valence-electron chi connectivity index (χ3n) is 3.33. The summed E-state index contributed by atoms with van der Waals surface area (Å²) in [7, 11) is 0. The van der Waals surface area contributed by atoms with Crippen LogP contribution in [0, 0.1) is 5.82 Å². The number of likely N-dealkylation sites (tertiary alicyclic amines) is 1. The van der Waals surface area contributed by atoms with Crippen molar-refractivity contribution in [3.8, 4) is 0 Å². The molecule has 3 heteroatoms. The molecule has 0 aliphatic carbocycles. The zero-order valence-corrected chi connectivity index (χ0v) is 10.5. The van der Waals surface area contributed by atoms with E-state index in [1.807, 2.05) is 12.1 Å². The SMILES string of the molecule is CC(CN1CCCC1)NCc1ccccc1F. The highest BCUT2D eigenvalue weighted by Crippen LogP contribution is 2.09. The average molecular weight is 236 g/mol. The summed E-state index contributed by atoms with van der Waals surface area (Å²) in [4.78, 5) is 2.47. The Hall–Kier alpha value is -0.930. The predicted molar refractivity (Wildman–Crippen MR) is 68.4 cm³/mol. The van der Waals surface area contributed by atoms with Crippen molar-refractivity contribution in [3.05, 3.63) is 35.6 Å². The lowest BCUT2D eigenvalue weighted by atomic mass is 10.2. The summed E-state index contributed by atoms with van der Waals surface area (Å²) in [5, 5.41) is 3.38. The molecule has 1 fully saturated rings. The molecule has 1 heterocycles. The largest absolute Gasteiger partial charge is 0.309 e. The Labute approximate surface area is 103 Å². The molecule has 1 unspecified atom stereocenters. The Bertz CT molecular complexity index is 348. The van der Waals surface area contributed by atoms with Crippen LogP contribution in [0.15, 0.2) is 24.3 Å². The van der Waals surface area contributed by atoms with Gasteiger partial charge in [-0.3, -0.25) is 0 Å². The fraction of sp³-hybridized carbons (Fsp3) is 0.571. The van der Waals surface area contributed by atoms with Crippen LogP contribution >= 0.6 is 0 Å². The molecule has 0 saturated carbocycles. The Balaban J connectivity index is 1.75. The van der Waals surface area contributed by atoms with Crippen LogP contribution in [0.5, 0.6) is 0 Å². The van der Waals surface area contributed by atoms with E-state index in [1.54, 1.807) is 6.07 Å². The molecule has 0 radical (unpaired) electrons. The number of rotatable bonds is 5. The summed E-state index contributed by atoms with van der Waals surface area (Å²) >= 11 is 0. The van der Waals surface area contributed by atoms with Crippen molar-refractivity contribution >= 4 is 0 Å². The minimum absolute atomic E-state index is 0.117. The molecule has 1 aliphatic rings. The molecule has 0 spiro atoms. The topological polar surface area (TPSA) is 15.3 Å². The van der Waals surface area contributed by atoms with E-state index in [1.165, 1.54) is 32.0 Å².